The zero-order chi connectivity index (χ0) is 22.4. The first-order chi connectivity index (χ1) is 14.6. The van der Waals surface area contributed by atoms with Gasteiger partial charge in [0, 0.05) is 6.20 Å². The van der Waals surface area contributed by atoms with Gasteiger partial charge < -0.3 is 10.1 Å². The lowest BCUT2D eigenvalue weighted by atomic mass is 9.92. The third-order valence-corrected chi connectivity index (χ3v) is 4.96. The molecule has 0 bridgehead atoms. The van der Waals surface area contributed by atoms with Crippen molar-refractivity contribution in [3.05, 3.63) is 64.7 Å². The lowest BCUT2D eigenvalue weighted by molar-refractivity contribution is -0.274. The zero-order valence-corrected chi connectivity index (χ0v) is 16.1. The number of hydrogen-bond donors (Lipinski definition) is 1. The smallest absolute Gasteiger partial charge is 0.406 e. The molecule has 4 rings (SSSR count). The van der Waals surface area contributed by atoms with Gasteiger partial charge in [0.15, 0.2) is 5.65 Å². The van der Waals surface area contributed by atoms with Gasteiger partial charge in [-0.3, -0.25) is 14.1 Å². The van der Waals surface area contributed by atoms with Crippen molar-refractivity contribution in [1.29, 1.82) is 0 Å². The number of urea groups is 1. The minimum absolute atomic E-state index is 0.0197. The van der Waals surface area contributed by atoms with Crippen LogP contribution < -0.4 is 15.7 Å². The van der Waals surface area contributed by atoms with E-state index in [9.17, 15) is 27.6 Å². The molecule has 1 unspecified atom stereocenters. The minimum atomic E-state index is -4.84. The fourth-order valence-corrected chi connectivity index (χ4v) is 3.39. The van der Waals surface area contributed by atoms with Gasteiger partial charge in [-0.25, -0.2) is 14.3 Å². The largest absolute Gasteiger partial charge is 0.573 e. The summed E-state index contributed by atoms with van der Waals surface area (Å²) in [5, 5.41) is 6.70. The topological polar surface area (TPSA) is 97.9 Å². The molecular weight excluding hydrogens is 419 g/mol. The van der Waals surface area contributed by atoms with E-state index in [2.05, 4.69) is 15.2 Å². The molecule has 1 aromatic carbocycles. The maximum atomic E-state index is 12.9. The Kier molecular flexibility index (Phi) is 4.71. The van der Waals surface area contributed by atoms with Crippen LogP contribution in [-0.4, -0.2) is 43.9 Å². The number of alkyl halides is 3. The average Bonchev–Trinajstić information content (AvgIpc) is 3.14. The Bertz CT molecular complexity index is 1220. The molecule has 3 heterocycles. The number of rotatable bonds is 5. The third kappa shape index (κ3) is 3.71. The van der Waals surface area contributed by atoms with Crippen LogP contribution in [0.15, 0.2) is 53.5 Å². The molecule has 12 heteroatoms. The number of ether oxygens (including phenoxy) is 1. The maximum absolute atomic E-state index is 12.9. The number of nitrogens with one attached hydrogen (secondary N) is 1. The van der Waals surface area contributed by atoms with E-state index in [-0.39, 0.29) is 18.7 Å². The summed E-state index contributed by atoms with van der Waals surface area (Å²) >= 11 is 0. The SMILES string of the molecule is CC1(c2ccc(OC(F)(F)F)cc2)NC(=O)N(CCn2nc3ccccn3c2=O)C1=O. The fourth-order valence-electron chi connectivity index (χ4n) is 3.39. The molecule has 0 aliphatic carbocycles. The van der Waals surface area contributed by atoms with E-state index in [1.165, 1.54) is 23.5 Å². The standard InChI is InChI=1S/C19H16F3N5O4/c1-18(12-5-7-13(8-6-12)31-19(20,21)22)15(28)26(16(29)23-18)10-11-27-17(30)25-9-3-2-4-14(25)24-27/h2-9H,10-11H2,1H3,(H,23,29). The molecule has 1 N–H and O–H groups in total. The number of aromatic nitrogens is 3. The zero-order valence-electron chi connectivity index (χ0n) is 16.1. The number of nitrogens with zero attached hydrogens (tertiary/aromatic N) is 4. The molecule has 162 valence electrons. The van der Waals surface area contributed by atoms with Gasteiger partial charge in [-0.1, -0.05) is 18.2 Å². The van der Waals surface area contributed by atoms with E-state index in [0.717, 1.165) is 21.7 Å². The van der Waals surface area contributed by atoms with Gasteiger partial charge in [0.2, 0.25) is 0 Å². The molecule has 1 fully saturated rings. The molecule has 1 aliphatic heterocycles. The van der Waals surface area contributed by atoms with Crippen molar-refractivity contribution in [3.8, 4) is 5.75 Å². The molecule has 3 aromatic rings. The second-order valence-electron chi connectivity index (χ2n) is 7.02. The second kappa shape index (κ2) is 7.15. The van der Waals surface area contributed by atoms with Crippen LogP contribution >= 0.6 is 0 Å². The predicted octanol–water partition coefficient (Wildman–Crippen LogP) is 1.86. The first-order valence-corrected chi connectivity index (χ1v) is 9.13. The summed E-state index contributed by atoms with van der Waals surface area (Å²) in [6.07, 6.45) is -3.28. The fraction of sp³-hybridized carbons (Fsp3) is 0.263. The Morgan fingerprint density at radius 1 is 1.06 bits per heavy atom. The summed E-state index contributed by atoms with van der Waals surface area (Å²) in [6.45, 7) is 1.32. The van der Waals surface area contributed by atoms with Crippen LogP contribution in [0.2, 0.25) is 0 Å². The molecular formula is C19H16F3N5O4. The summed E-state index contributed by atoms with van der Waals surface area (Å²) < 4.78 is 43.3. The number of hydrogen-bond acceptors (Lipinski definition) is 5. The van der Waals surface area contributed by atoms with E-state index >= 15 is 0 Å². The van der Waals surface area contributed by atoms with Gasteiger partial charge >= 0.3 is 18.1 Å². The molecule has 2 aromatic heterocycles. The van der Waals surface area contributed by atoms with Crippen LogP contribution in [0.1, 0.15) is 12.5 Å². The highest BCUT2D eigenvalue weighted by molar-refractivity contribution is 6.07. The van der Waals surface area contributed by atoms with Crippen LogP contribution in [0, 0.1) is 0 Å². The minimum Gasteiger partial charge on any atom is -0.406 e. The van der Waals surface area contributed by atoms with Crippen molar-refractivity contribution in [2.24, 2.45) is 0 Å². The van der Waals surface area contributed by atoms with E-state index in [1.807, 2.05) is 0 Å². The Morgan fingerprint density at radius 2 is 1.77 bits per heavy atom. The Hall–Kier alpha value is -3.83. The Labute approximate surface area is 172 Å². The van der Waals surface area contributed by atoms with Crippen molar-refractivity contribution in [3.63, 3.8) is 0 Å². The quantitative estimate of drug-likeness (QED) is 0.617. The third-order valence-electron chi connectivity index (χ3n) is 4.96. The van der Waals surface area contributed by atoms with Crippen molar-refractivity contribution < 1.29 is 27.5 Å². The second-order valence-corrected chi connectivity index (χ2v) is 7.02. The van der Waals surface area contributed by atoms with Gasteiger partial charge in [0.1, 0.15) is 11.3 Å². The molecule has 1 aliphatic rings. The summed E-state index contributed by atoms with van der Waals surface area (Å²) in [5.74, 6) is -1.04. The van der Waals surface area contributed by atoms with Crippen LogP contribution in [0.5, 0.6) is 5.75 Å². The van der Waals surface area contributed by atoms with Crippen LogP contribution in [0.25, 0.3) is 5.65 Å². The normalized spacial score (nSPS) is 19.2. The maximum Gasteiger partial charge on any atom is 0.573 e. The van der Waals surface area contributed by atoms with Gasteiger partial charge in [-0.05, 0) is 36.8 Å². The predicted molar refractivity (Wildman–Crippen MR) is 100 cm³/mol. The highest BCUT2D eigenvalue weighted by Gasteiger charge is 2.48. The Balaban J connectivity index is 1.51. The number of benzene rings is 1. The molecule has 1 atom stereocenters. The summed E-state index contributed by atoms with van der Waals surface area (Å²) in [6, 6.07) is 9.03. The molecule has 9 nitrogen and oxygen atoms in total. The number of amides is 3. The van der Waals surface area contributed by atoms with E-state index in [1.54, 1.807) is 24.4 Å². The summed E-state index contributed by atoms with van der Waals surface area (Å²) in [7, 11) is 0. The molecule has 3 amide bonds. The number of pyridine rings is 1. The van der Waals surface area contributed by atoms with Crippen LogP contribution in [0.3, 0.4) is 0 Å². The molecule has 31 heavy (non-hydrogen) atoms. The molecule has 1 saturated heterocycles. The lowest BCUT2D eigenvalue weighted by Gasteiger charge is -2.22. The summed E-state index contributed by atoms with van der Waals surface area (Å²) in [4.78, 5) is 38.6. The molecule has 0 radical (unpaired) electrons. The first kappa shape index (κ1) is 20.4. The van der Waals surface area contributed by atoms with Crippen molar-refractivity contribution >= 4 is 17.6 Å². The molecule has 0 spiro atoms. The number of imide groups is 1. The van der Waals surface area contributed by atoms with Crippen molar-refractivity contribution in [2.75, 3.05) is 6.54 Å². The number of halogens is 3. The summed E-state index contributed by atoms with van der Waals surface area (Å²) in [5.41, 5.74) is -1.17. The first-order valence-electron chi connectivity index (χ1n) is 9.13. The number of carbonyl (C=O) groups is 2. The van der Waals surface area contributed by atoms with E-state index < -0.39 is 35.3 Å². The van der Waals surface area contributed by atoms with Crippen molar-refractivity contribution in [2.45, 2.75) is 25.4 Å². The van der Waals surface area contributed by atoms with Crippen LogP contribution in [0.4, 0.5) is 18.0 Å². The van der Waals surface area contributed by atoms with E-state index in [0.29, 0.717) is 5.65 Å². The number of fused-ring (bicyclic) bond motifs is 1. The molecule has 0 saturated carbocycles. The van der Waals surface area contributed by atoms with Gasteiger partial charge in [0.05, 0.1) is 13.1 Å². The highest BCUT2D eigenvalue weighted by Crippen LogP contribution is 2.31. The van der Waals surface area contributed by atoms with Crippen molar-refractivity contribution in [1.82, 2.24) is 24.4 Å². The van der Waals surface area contributed by atoms with Crippen LogP contribution in [-0.2, 0) is 16.9 Å². The van der Waals surface area contributed by atoms with Gasteiger partial charge in [0.25, 0.3) is 5.91 Å². The monoisotopic (exact) mass is 435 g/mol. The number of carbonyl (C=O) groups excluding carboxylic acids is 2. The van der Waals surface area contributed by atoms with Gasteiger partial charge in [-0.15, -0.1) is 18.3 Å². The lowest BCUT2D eigenvalue weighted by Crippen LogP contribution is -2.41. The average molecular weight is 435 g/mol. The van der Waals surface area contributed by atoms with Gasteiger partial charge in [-0.2, -0.15) is 0 Å². The van der Waals surface area contributed by atoms with E-state index in [4.69, 9.17) is 0 Å². The highest BCUT2D eigenvalue weighted by atomic mass is 19.4. The Morgan fingerprint density at radius 3 is 2.42 bits per heavy atom.